The lowest BCUT2D eigenvalue weighted by atomic mass is 10.2. The maximum Gasteiger partial charge on any atom is 0.316 e. The van der Waals surface area contributed by atoms with Gasteiger partial charge >= 0.3 is 11.1 Å². The van der Waals surface area contributed by atoms with Crippen LogP contribution in [0, 0.1) is 11.6 Å². The zero-order chi connectivity index (χ0) is 18.8. The molecule has 0 aliphatic carbocycles. The van der Waals surface area contributed by atoms with Gasteiger partial charge in [0.05, 0.1) is 21.6 Å². The summed E-state index contributed by atoms with van der Waals surface area (Å²) in [6.45, 7) is -0.137. The Labute approximate surface area is 150 Å². The molecule has 134 valence electrons. The highest BCUT2D eigenvalue weighted by Crippen LogP contribution is 2.18. The van der Waals surface area contributed by atoms with Crippen molar-refractivity contribution in [3.63, 3.8) is 0 Å². The van der Waals surface area contributed by atoms with Crippen LogP contribution in [0.15, 0.2) is 46.0 Å². The number of rotatable bonds is 4. The maximum absolute atomic E-state index is 13.7. The summed E-state index contributed by atoms with van der Waals surface area (Å²) in [7, 11) is 0. The Morgan fingerprint density at radius 1 is 1.19 bits per heavy atom. The molecule has 0 atom stereocenters. The first-order valence-corrected chi connectivity index (χ1v) is 7.91. The molecule has 9 heteroatoms. The van der Waals surface area contributed by atoms with Gasteiger partial charge in [0.15, 0.2) is 0 Å². The molecule has 3 rings (SSSR count). The SMILES string of the molecule is O=C(NCCn1c(=O)c(=O)[nH]c2cc(F)ccc21)c1c(F)cccc1Cl. The number of hydrogen-bond donors (Lipinski definition) is 2. The van der Waals surface area contributed by atoms with E-state index in [-0.39, 0.29) is 29.2 Å². The Bertz CT molecular complexity index is 1100. The van der Waals surface area contributed by atoms with Crippen LogP contribution in [0.1, 0.15) is 10.4 Å². The number of nitrogens with one attached hydrogen (secondary N) is 2. The van der Waals surface area contributed by atoms with E-state index in [2.05, 4.69) is 10.3 Å². The van der Waals surface area contributed by atoms with Crippen LogP contribution < -0.4 is 16.4 Å². The summed E-state index contributed by atoms with van der Waals surface area (Å²) in [5.41, 5.74) is -1.61. The van der Waals surface area contributed by atoms with Gasteiger partial charge in [-0.2, -0.15) is 0 Å². The molecule has 0 radical (unpaired) electrons. The van der Waals surface area contributed by atoms with Gasteiger partial charge in [-0.25, -0.2) is 8.78 Å². The van der Waals surface area contributed by atoms with E-state index in [4.69, 9.17) is 11.6 Å². The number of benzene rings is 2. The highest BCUT2D eigenvalue weighted by molar-refractivity contribution is 6.33. The molecule has 0 aliphatic rings. The first kappa shape index (κ1) is 17.8. The monoisotopic (exact) mass is 379 g/mol. The third kappa shape index (κ3) is 3.36. The lowest BCUT2D eigenvalue weighted by molar-refractivity contribution is 0.0948. The predicted octanol–water partition coefficient (Wildman–Crippen LogP) is 2.05. The smallest absolute Gasteiger partial charge is 0.316 e. The zero-order valence-corrected chi connectivity index (χ0v) is 13.9. The van der Waals surface area contributed by atoms with Crippen LogP contribution in [0.4, 0.5) is 8.78 Å². The highest BCUT2D eigenvalue weighted by Gasteiger charge is 2.15. The third-order valence-corrected chi connectivity index (χ3v) is 4.06. The van der Waals surface area contributed by atoms with Gasteiger partial charge in [-0.1, -0.05) is 17.7 Å². The largest absolute Gasteiger partial charge is 0.350 e. The average molecular weight is 380 g/mol. The standard InChI is InChI=1S/C17H12ClF2N3O3/c18-10-2-1-3-11(20)14(10)15(24)21-6-7-23-13-5-4-9(19)8-12(13)22-16(25)17(23)26/h1-5,8H,6-7H2,(H,21,24)(H,22,25). The minimum absolute atomic E-state index is 0.0447. The molecule has 0 saturated carbocycles. The molecular formula is C17H12ClF2N3O3. The number of nitrogens with zero attached hydrogens (tertiary/aromatic N) is 1. The van der Waals surface area contributed by atoms with Crippen LogP contribution in [0.2, 0.25) is 5.02 Å². The lowest BCUT2D eigenvalue weighted by Gasteiger charge is -2.11. The number of fused-ring (bicyclic) bond motifs is 1. The van der Waals surface area contributed by atoms with Gasteiger partial charge in [-0.05, 0) is 30.3 Å². The van der Waals surface area contributed by atoms with Gasteiger partial charge < -0.3 is 14.9 Å². The number of H-pyrrole nitrogens is 1. The van der Waals surface area contributed by atoms with Gasteiger partial charge in [0.25, 0.3) is 5.91 Å². The molecule has 2 aromatic carbocycles. The molecule has 0 unspecified atom stereocenters. The zero-order valence-electron chi connectivity index (χ0n) is 13.2. The average Bonchev–Trinajstić information content (AvgIpc) is 2.58. The normalized spacial score (nSPS) is 10.9. The lowest BCUT2D eigenvalue weighted by Crippen LogP contribution is -2.39. The quantitative estimate of drug-likeness (QED) is 0.680. The van der Waals surface area contributed by atoms with Crippen molar-refractivity contribution in [2.75, 3.05) is 6.54 Å². The summed E-state index contributed by atoms with van der Waals surface area (Å²) >= 11 is 5.82. The number of carbonyl (C=O) groups is 1. The fourth-order valence-corrected chi connectivity index (χ4v) is 2.81. The molecular weight excluding hydrogens is 368 g/mol. The van der Waals surface area contributed by atoms with Gasteiger partial charge in [0.2, 0.25) is 0 Å². The number of halogens is 3. The van der Waals surface area contributed by atoms with Crippen molar-refractivity contribution in [3.05, 3.63) is 79.3 Å². The van der Waals surface area contributed by atoms with E-state index < -0.39 is 28.7 Å². The fourth-order valence-electron chi connectivity index (χ4n) is 2.56. The molecule has 0 spiro atoms. The molecule has 0 bridgehead atoms. The van der Waals surface area contributed by atoms with Crippen LogP contribution in [0.5, 0.6) is 0 Å². The van der Waals surface area contributed by atoms with E-state index in [1.165, 1.54) is 18.2 Å². The highest BCUT2D eigenvalue weighted by atomic mass is 35.5. The van der Waals surface area contributed by atoms with Crippen LogP contribution in [-0.4, -0.2) is 22.0 Å². The molecule has 2 N–H and O–H groups in total. The van der Waals surface area contributed by atoms with Gasteiger partial charge in [-0.3, -0.25) is 14.4 Å². The summed E-state index contributed by atoms with van der Waals surface area (Å²) in [6.07, 6.45) is 0. The molecule has 1 aromatic heterocycles. The Morgan fingerprint density at radius 3 is 2.69 bits per heavy atom. The second-order valence-electron chi connectivity index (χ2n) is 5.42. The summed E-state index contributed by atoms with van der Waals surface area (Å²) < 4.78 is 28.1. The molecule has 0 fully saturated rings. The Balaban J connectivity index is 1.84. The number of amides is 1. The first-order chi connectivity index (χ1) is 12.4. The van der Waals surface area contributed by atoms with E-state index in [1.807, 2.05) is 0 Å². The summed E-state index contributed by atoms with van der Waals surface area (Å²) in [5, 5.41) is 2.40. The van der Waals surface area contributed by atoms with Crippen LogP contribution in [0.3, 0.4) is 0 Å². The Morgan fingerprint density at radius 2 is 1.96 bits per heavy atom. The molecule has 3 aromatic rings. The fraction of sp³-hybridized carbons (Fsp3) is 0.118. The molecule has 1 heterocycles. The number of hydrogen-bond acceptors (Lipinski definition) is 3. The molecule has 0 aliphatic heterocycles. The van der Waals surface area contributed by atoms with E-state index in [0.29, 0.717) is 5.52 Å². The number of aromatic amines is 1. The molecule has 26 heavy (non-hydrogen) atoms. The van der Waals surface area contributed by atoms with E-state index >= 15 is 0 Å². The predicted molar refractivity (Wildman–Crippen MR) is 92.5 cm³/mol. The van der Waals surface area contributed by atoms with E-state index in [0.717, 1.165) is 22.8 Å². The summed E-state index contributed by atoms with van der Waals surface area (Å²) in [6, 6.07) is 7.43. The van der Waals surface area contributed by atoms with Gasteiger partial charge in [0, 0.05) is 13.1 Å². The minimum Gasteiger partial charge on any atom is -0.350 e. The van der Waals surface area contributed by atoms with Crippen LogP contribution in [-0.2, 0) is 6.54 Å². The topological polar surface area (TPSA) is 84.0 Å². The molecule has 1 amide bonds. The van der Waals surface area contributed by atoms with E-state index in [9.17, 15) is 23.2 Å². The maximum atomic E-state index is 13.7. The third-order valence-electron chi connectivity index (χ3n) is 3.75. The summed E-state index contributed by atoms with van der Waals surface area (Å²) in [5.74, 6) is -2.09. The van der Waals surface area contributed by atoms with Crippen molar-refractivity contribution < 1.29 is 13.6 Å². The van der Waals surface area contributed by atoms with Crippen molar-refractivity contribution in [2.24, 2.45) is 0 Å². The number of aromatic nitrogens is 2. The van der Waals surface area contributed by atoms with Crippen LogP contribution >= 0.6 is 11.6 Å². The van der Waals surface area contributed by atoms with Crippen molar-refractivity contribution in [2.45, 2.75) is 6.54 Å². The second kappa shape index (κ2) is 7.09. The Kier molecular flexibility index (Phi) is 4.85. The van der Waals surface area contributed by atoms with Gasteiger partial charge in [-0.15, -0.1) is 0 Å². The molecule has 0 saturated heterocycles. The summed E-state index contributed by atoms with van der Waals surface area (Å²) in [4.78, 5) is 38.2. The second-order valence-corrected chi connectivity index (χ2v) is 5.83. The van der Waals surface area contributed by atoms with Crippen molar-refractivity contribution in [3.8, 4) is 0 Å². The molecule has 6 nitrogen and oxygen atoms in total. The first-order valence-electron chi connectivity index (χ1n) is 7.53. The van der Waals surface area contributed by atoms with Crippen molar-refractivity contribution >= 4 is 28.5 Å². The van der Waals surface area contributed by atoms with Crippen molar-refractivity contribution in [1.29, 1.82) is 0 Å². The van der Waals surface area contributed by atoms with E-state index in [1.54, 1.807) is 0 Å². The van der Waals surface area contributed by atoms with Gasteiger partial charge in [0.1, 0.15) is 11.6 Å². The van der Waals surface area contributed by atoms with Crippen molar-refractivity contribution in [1.82, 2.24) is 14.9 Å². The minimum atomic E-state index is -0.911. The van der Waals surface area contributed by atoms with Crippen LogP contribution in [0.25, 0.3) is 11.0 Å². The Hall–Kier alpha value is -3.00. The number of carbonyl (C=O) groups excluding carboxylic acids is 1.